The molecule has 0 unspecified atom stereocenters. The Kier molecular flexibility index (Phi) is 263. The van der Waals surface area contributed by atoms with Crippen LogP contribution in [0.25, 0.3) is 0 Å². The molecular formula is Al2LiO+5. The molecule has 0 saturated heterocycles. The van der Waals surface area contributed by atoms with Gasteiger partial charge in [-0.25, -0.2) is 0 Å². The van der Waals surface area contributed by atoms with Gasteiger partial charge in [0, 0.05) is 0 Å². The van der Waals surface area contributed by atoms with Crippen molar-refractivity contribution in [3.8, 4) is 0 Å². The van der Waals surface area contributed by atoms with Gasteiger partial charge in [0.25, 0.3) is 0 Å². The first-order valence-corrected chi connectivity index (χ1v) is 0. The molecule has 0 atom stereocenters. The molecule has 0 fully saturated rings. The minimum atomic E-state index is 0. The fourth-order valence-corrected chi connectivity index (χ4v) is 0. The predicted molar refractivity (Wildman–Crippen MR) is 12.2 cm³/mol. The van der Waals surface area contributed by atoms with E-state index >= 15 is 0 Å². The van der Waals surface area contributed by atoms with E-state index < -0.39 is 0 Å². The second-order valence-electron chi connectivity index (χ2n) is 0. The van der Waals surface area contributed by atoms with Crippen molar-refractivity contribution in [3.05, 3.63) is 0 Å². The molecule has 0 spiro atoms. The van der Waals surface area contributed by atoms with Gasteiger partial charge < -0.3 is 5.48 Å². The van der Waals surface area contributed by atoms with E-state index in [0.29, 0.717) is 0 Å². The molecule has 0 radical (unpaired) electrons. The van der Waals surface area contributed by atoms with Gasteiger partial charge in [-0.15, -0.1) is 0 Å². The van der Waals surface area contributed by atoms with Crippen molar-refractivity contribution in [2.75, 3.05) is 0 Å². The van der Waals surface area contributed by atoms with Crippen LogP contribution in [0, 0.1) is 0 Å². The van der Waals surface area contributed by atoms with Crippen LogP contribution in [-0.2, 0) is 5.48 Å². The van der Waals surface area contributed by atoms with Crippen molar-refractivity contribution in [2.24, 2.45) is 0 Å². The molecule has 8 valence electrons. The molecule has 0 aromatic heterocycles. The van der Waals surface area contributed by atoms with Crippen molar-refractivity contribution >= 4 is 34.7 Å². The summed E-state index contributed by atoms with van der Waals surface area (Å²) in [4.78, 5) is 0. The van der Waals surface area contributed by atoms with Gasteiger partial charge in [0.1, 0.15) is 0 Å². The molecule has 0 aliphatic carbocycles. The number of rotatable bonds is 0. The van der Waals surface area contributed by atoms with E-state index in [0.717, 1.165) is 0 Å². The molecule has 0 aliphatic rings. The Hall–Kier alpha value is 1.62. The first-order valence-electron chi connectivity index (χ1n) is 0. The van der Waals surface area contributed by atoms with Crippen LogP contribution < -0.4 is 18.9 Å². The van der Waals surface area contributed by atoms with Crippen LogP contribution >= 0.6 is 0 Å². The summed E-state index contributed by atoms with van der Waals surface area (Å²) in [7, 11) is 0. The van der Waals surface area contributed by atoms with E-state index in [1.807, 2.05) is 0 Å². The van der Waals surface area contributed by atoms with Crippen molar-refractivity contribution in [2.45, 2.75) is 0 Å². The summed E-state index contributed by atoms with van der Waals surface area (Å²) in [5, 5.41) is 0. The fourth-order valence-electron chi connectivity index (χ4n) is 0. The molecule has 0 N–H and O–H groups in total. The van der Waals surface area contributed by atoms with Crippen LogP contribution in [0.4, 0.5) is 0 Å². The van der Waals surface area contributed by atoms with E-state index in [2.05, 4.69) is 0 Å². The Labute approximate surface area is 58.9 Å². The minimum absolute atomic E-state index is 0. The van der Waals surface area contributed by atoms with Crippen LogP contribution in [0.15, 0.2) is 0 Å². The summed E-state index contributed by atoms with van der Waals surface area (Å²) >= 11 is 0. The third kappa shape index (κ3) is 9.46. The predicted octanol–water partition coefficient (Wildman–Crippen LogP) is -3.88. The van der Waals surface area contributed by atoms with Gasteiger partial charge >= 0.3 is 53.6 Å². The summed E-state index contributed by atoms with van der Waals surface area (Å²) in [6, 6.07) is 0. The van der Waals surface area contributed by atoms with Gasteiger partial charge in [-0.2, -0.15) is 0 Å². The average molecular weight is 76.9 g/mol. The average Bonchev–Trinajstić information content (AvgIpc) is 0. The van der Waals surface area contributed by atoms with Crippen LogP contribution in [0.2, 0.25) is 0 Å². The maximum Gasteiger partial charge on any atom is 3.00 e. The first-order chi connectivity index (χ1) is 0. The number of hydrogen-bond acceptors (Lipinski definition) is 0. The van der Waals surface area contributed by atoms with Gasteiger partial charge in [-0.05, 0) is 0 Å². The second kappa shape index (κ2) is 23.0. The summed E-state index contributed by atoms with van der Waals surface area (Å²) in [6.07, 6.45) is 0. The van der Waals surface area contributed by atoms with E-state index in [4.69, 9.17) is 0 Å². The molecule has 0 saturated carbocycles. The number of hydrogen-bond donors (Lipinski definition) is 0. The molecule has 0 aromatic rings. The maximum absolute atomic E-state index is 0. The van der Waals surface area contributed by atoms with Crippen LogP contribution in [-0.4, -0.2) is 34.7 Å². The SMILES string of the molecule is [Al+3].[Al+3].[Li+].[O-2]. The summed E-state index contributed by atoms with van der Waals surface area (Å²) in [5.41, 5.74) is 0. The minimum Gasteiger partial charge on any atom is -2.00 e. The van der Waals surface area contributed by atoms with E-state index in [1.54, 1.807) is 0 Å². The molecule has 4 heteroatoms. The molecule has 0 heterocycles. The largest absolute Gasteiger partial charge is 3.00 e. The van der Waals surface area contributed by atoms with E-state index in [9.17, 15) is 0 Å². The quantitative estimate of drug-likeness (QED) is 0.265. The first kappa shape index (κ1) is 45.6. The zero-order valence-electron chi connectivity index (χ0n) is 2.56. The Morgan fingerprint density at radius 3 is 0.750 bits per heavy atom. The van der Waals surface area contributed by atoms with Crippen molar-refractivity contribution in [1.29, 1.82) is 0 Å². The Balaban J connectivity index is 0. The zero-order chi connectivity index (χ0) is 0. The molecule has 0 bridgehead atoms. The molecule has 4 heavy (non-hydrogen) atoms. The molecule has 0 aromatic carbocycles. The topological polar surface area (TPSA) is 28.5 Å². The Bertz CT molecular complexity index is 6.00. The molecule has 0 amide bonds. The summed E-state index contributed by atoms with van der Waals surface area (Å²) in [5.74, 6) is 0. The fraction of sp³-hybridized carbons (Fsp3) is 0. The van der Waals surface area contributed by atoms with Crippen molar-refractivity contribution < 1.29 is 24.3 Å². The van der Waals surface area contributed by atoms with Gasteiger partial charge in [-0.1, -0.05) is 0 Å². The van der Waals surface area contributed by atoms with Gasteiger partial charge in [0.15, 0.2) is 0 Å². The van der Waals surface area contributed by atoms with Crippen LogP contribution in [0.1, 0.15) is 0 Å². The smallest absolute Gasteiger partial charge is 2.00 e. The van der Waals surface area contributed by atoms with Gasteiger partial charge in [-0.3, -0.25) is 0 Å². The Morgan fingerprint density at radius 1 is 0.750 bits per heavy atom. The second-order valence-corrected chi connectivity index (χ2v) is 0. The Morgan fingerprint density at radius 2 is 0.750 bits per heavy atom. The summed E-state index contributed by atoms with van der Waals surface area (Å²) < 4.78 is 0. The van der Waals surface area contributed by atoms with Crippen LogP contribution in [0.5, 0.6) is 0 Å². The molecular weight excluding hydrogens is 76.9 g/mol. The molecule has 1 nitrogen and oxygen atoms in total. The maximum atomic E-state index is 0. The molecule has 0 aliphatic heterocycles. The van der Waals surface area contributed by atoms with Gasteiger partial charge in [0.2, 0.25) is 0 Å². The summed E-state index contributed by atoms with van der Waals surface area (Å²) in [6.45, 7) is 0. The standard InChI is InChI=1S/2Al.Li.O/q2*+3;+1;-2. The zero-order valence-corrected chi connectivity index (χ0v) is 4.87. The molecule has 0 rings (SSSR count). The van der Waals surface area contributed by atoms with Crippen LogP contribution in [0.3, 0.4) is 0 Å². The van der Waals surface area contributed by atoms with Gasteiger partial charge in [0.05, 0.1) is 0 Å². The monoisotopic (exact) mass is 77.0 g/mol. The van der Waals surface area contributed by atoms with Crippen molar-refractivity contribution in [1.82, 2.24) is 0 Å². The normalized spacial score (nSPS) is 0. The van der Waals surface area contributed by atoms with E-state index in [-0.39, 0.29) is 59.1 Å². The van der Waals surface area contributed by atoms with E-state index in [1.165, 1.54) is 0 Å². The van der Waals surface area contributed by atoms with Crippen molar-refractivity contribution in [3.63, 3.8) is 0 Å². The third-order valence-electron chi connectivity index (χ3n) is 0. The third-order valence-corrected chi connectivity index (χ3v) is 0.